The van der Waals surface area contributed by atoms with Crippen LogP contribution in [0.1, 0.15) is 31.0 Å². The Morgan fingerprint density at radius 2 is 1.86 bits per heavy atom. The largest absolute Gasteiger partial charge is 0.486 e. The second-order valence-electron chi connectivity index (χ2n) is 5.81. The second kappa shape index (κ2) is 5.11. The van der Waals surface area contributed by atoms with Gasteiger partial charge in [0.2, 0.25) is 0 Å². The first-order valence-corrected chi connectivity index (χ1v) is 6.92. The predicted molar refractivity (Wildman–Crippen MR) is 77.1 cm³/mol. The molecule has 110 valence electrons. The van der Waals surface area contributed by atoms with Crippen molar-refractivity contribution in [3.63, 3.8) is 0 Å². The Balaban J connectivity index is 1.79. The van der Waals surface area contributed by atoms with Crippen LogP contribution >= 0.6 is 0 Å². The van der Waals surface area contributed by atoms with Crippen molar-refractivity contribution >= 4 is 0 Å². The fraction of sp³-hybridized carbons (Fsp3) is 0.294. The lowest BCUT2D eigenvalue weighted by Crippen LogP contribution is -2.38. The van der Waals surface area contributed by atoms with Crippen molar-refractivity contribution in [3.8, 4) is 5.75 Å². The molecule has 0 saturated heterocycles. The first kappa shape index (κ1) is 14.0. The SMILES string of the molecule is CC1(C)Oc2ccccc2C1NCc1ccc(F)c(F)c1. The highest BCUT2D eigenvalue weighted by Crippen LogP contribution is 2.42. The molecule has 1 aliphatic heterocycles. The van der Waals surface area contributed by atoms with Gasteiger partial charge in [0.15, 0.2) is 11.6 Å². The van der Waals surface area contributed by atoms with E-state index in [1.807, 2.05) is 38.1 Å². The normalized spacial score (nSPS) is 19.1. The Hall–Kier alpha value is -1.94. The molecule has 1 atom stereocenters. The van der Waals surface area contributed by atoms with Gasteiger partial charge >= 0.3 is 0 Å². The summed E-state index contributed by atoms with van der Waals surface area (Å²) >= 11 is 0. The lowest BCUT2D eigenvalue weighted by Gasteiger charge is -2.27. The summed E-state index contributed by atoms with van der Waals surface area (Å²) in [6, 6.07) is 11.8. The Morgan fingerprint density at radius 3 is 2.62 bits per heavy atom. The van der Waals surface area contributed by atoms with Gasteiger partial charge in [-0.3, -0.25) is 0 Å². The molecule has 2 aromatic rings. The van der Waals surface area contributed by atoms with Crippen LogP contribution in [0, 0.1) is 11.6 Å². The van der Waals surface area contributed by atoms with E-state index in [0.717, 1.165) is 17.4 Å². The van der Waals surface area contributed by atoms with Crippen molar-refractivity contribution < 1.29 is 13.5 Å². The molecule has 1 aliphatic rings. The van der Waals surface area contributed by atoms with Crippen LogP contribution in [-0.4, -0.2) is 5.60 Å². The zero-order chi connectivity index (χ0) is 15.0. The van der Waals surface area contributed by atoms with Gasteiger partial charge in [0, 0.05) is 12.1 Å². The maximum absolute atomic E-state index is 13.2. The van der Waals surface area contributed by atoms with Crippen molar-refractivity contribution in [1.82, 2.24) is 5.32 Å². The molecule has 0 aromatic heterocycles. The number of fused-ring (bicyclic) bond motifs is 1. The van der Waals surface area contributed by atoms with Crippen LogP contribution in [0.2, 0.25) is 0 Å². The van der Waals surface area contributed by atoms with Crippen molar-refractivity contribution in [2.45, 2.75) is 32.0 Å². The zero-order valence-corrected chi connectivity index (χ0v) is 12.0. The minimum Gasteiger partial charge on any atom is -0.486 e. The average molecular weight is 289 g/mol. The van der Waals surface area contributed by atoms with Crippen LogP contribution in [0.5, 0.6) is 5.75 Å². The van der Waals surface area contributed by atoms with Gasteiger partial charge in [0.05, 0.1) is 6.04 Å². The lowest BCUT2D eigenvalue weighted by molar-refractivity contribution is 0.0958. The first-order chi connectivity index (χ1) is 9.97. The minimum atomic E-state index is -0.825. The highest BCUT2D eigenvalue weighted by atomic mass is 19.2. The van der Waals surface area contributed by atoms with Crippen LogP contribution in [0.3, 0.4) is 0 Å². The summed E-state index contributed by atoms with van der Waals surface area (Å²) in [6.45, 7) is 4.47. The standard InChI is InChI=1S/C17H17F2NO/c1-17(2)16(12-5-3-4-6-15(12)21-17)20-10-11-7-8-13(18)14(19)9-11/h3-9,16,20H,10H2,1-2H3. The van der Waals surface area contributed by atoms with Gasteiger partial charge in [0.1, 0.15) is 11.4 Å². The van der Waals surface area contributed by atoms with Crippen molar-refractivity contribution in [2.24, 2.45) is 0 Å². The molecule has 21 heavy (non-hydrogen) atoms. The van der Waals surface area contributed by atoms with Gasteiger partial charge in [-0.1, -0.05) is 24.3 Å². The Bertz CT molecular complexity index is 670. The van der Waals surface area contributed by atoms with E-state index in [9.17, 15) is 8.78 Å². The van der Waals surface area contributed by atoms with E-state index in [1.165, 1.54) is 6.07 Å². The van der Waals surface area contributed by atoms with Crippen LogP contribution < -0.4 is 10.1 Å². The Kier molecular flexibility index (Phi) is 3.41. The summed E-state index contributed by atoms with van der Waals surface area (Å²) in [7, 11) is 0. The molecular weight excluding hydrogens is 272 g/mol. The molecular formula is C17H17F2NO. The fourth-order valence-corrected chi connectivity index (χ4v) is 2.75. The molecule has 2 nitrogen and oxygen atoms in total. The van der Waals surface area contributed by atoms with Crippen molar-refractivity contribution in [1.29, 1.82) is 0 Å². The number of benzene rings is 2. The lowest BCUT2D eigenvalue weighted by atomic mass is 9.94. The smallest absolute Gasteiger partial charge is 0.159 e. The molecule has 0 amide bonds. The van der Waals surface area contributed by atoms with Crippen LogP contribution in [0.4, 0.5) is 8.78 Å². The van der Waals surface area contributed by atoms with E-state index in [4.69, 9.17) is 4.74 Å². The maximum Gasteiger partial charge on any atom is 0.159 e. The number of rotatable bonds is 3. The van der Waals surface area contributed by atoms with E-state index in [-0.39, 0.29) is 11.6 Å². The third-order valence-corrected chi connectivity index (χ3v) is 3.79. The summed E-state index contributed by atoms with van der Waals surface area (Å²) in [5, 5.41) is 3.38. The molecule has 0 spiro atoms. The Labute approximate surface area is 122 Å². The molecule has 1 heterocycles. The molecule has 3 rings (SSSR count). The van der Waals surface area contributed by atoms with Gasteiger partial charge in [-0.25, -0.2) is 8.78 Å². The van der Waals surface area contributed by atoms with E-state index in [2.05, 4.69) is 5.32 Å². The Morgan fingerprint density at radius 1 is 1.10 bits per heavy atom. The predicted octanol–water partition coefficient (Wildman–Crippen LogP) is 3.97. The number of halogens is 2. The third kappa shape index (κ3) is 2.63. The van der Waals surface area contributed by atoms with Gasteiger partial charge in [-0.05, 0) is 37.6 Å². The van der Waals surface area contributed by atoms with Crippen LogP contribution in [0.25, 0.3) is 0 Å². The van der Waals surface area contributed by atoms with Gasteiger partial charge in [-0.15, -0.1) is 0 Å². The third-order valence-electron chi connectivity index (χ3n) is 3.79. The van der Waals surface area contributed by atoms with Crippen LogP contribution in [-0.2, 0) is 6.54 Å². The van der Waals surface area contributed by atoms with Crippen LogP contribution in [0.15, 0.2) is 42.5 Å². The number of hydrogen-bond donors (Lipinski definition) is 1. The van der Waals surface area contributed by atoms with Gasteiger partial charge in [0.25, 0.3) is 0 Å². The van der Waals surface area contributed by atoms with E-state index in [1.54, 1.807) is 6.07 Å². The van der Waals surface area contributed by atoms with Gasteiger partial charge < -0.3 is 10.1 Å². The molecule has 0 radical (unpaired) electrons. The summed E-state index contributed by atoms with van der Waals surface area (Å²) in [5.41, 5.74) is 1.40. The molecule has 0 saturated carbocycles. The van der Waals surface area contributed by atoms with E-state index < -0.39 is 11.6 Å². The molecule has 0 bridgehead atoms. The topological polar surface area (TPSA) is 21.3 Å². The molecule has 1 unspecified atom stereocenters. The number of hydrogen-bond acceptors (Lipinski definition) is 2. The van der Waals surface area contributed by atoms with Gasteiger partial charge in [-0.2, -0.15) is 0 Å². The summed E-state index contributed by atoms with van der Waals surface area (Å²) in [5.74, 6) is -0.782. The molecule has 2 aromatic carbocycles. The summed E-state index contributed by atoms with van der Waals surface area (Å²) in [6.07, 6.45) is 0. The number of para-hydroxylation sites is 1. The highest BCUT2D eigenvalue weighted by Gasteiger charge is 2.40. The molecule has 1 N–H and O–H groups in total. The van der Waals surface area contributed by atoms with E-state index in [0.29, 0.717) is 12.1 Å². The summed E-state index contributed by atoms with van der Waals surface area (Å²) < 4.78 is 32.1. The minimum absolute atomic E-state index is 0.00168. The monoisotopic (exact) mass is 289 g/mol. The first-order valence-electron chi connectivity index (χ1n) is 6.92. The molecule has 4 heteroatoms. The number of nitrogens with one attached hydrogen (secondary N) is 1. The second-order valence-corrected chi connectivity index (χ2v) is 5.81. The molecule has 0 aliphatic carbocycles. The number of ether oxygens (including phenoxy) is 1. The highest BCUT2D eigenvalue weighted by molar-refractivity contribution is 5.42. The van der Waals surface area contributed by atoms with E-state index >= 15 is 0 Å². The summed E-state index contributed by atoms with van der Waals surface area (Å²) in [4.78, 5) is 0. The quantitative estimate of drug-likeness (QED) is 0.923. The molecule has 0 fully saturated rings. The zero-order valence-electron chi connectivity index (χ0n) is 12.0. The fourth-order valence-electron chi connectivity index (χ4n) is 2.75. The maximum atomic E-state index is 13.2. The van der Waals surface area contributed by atoms with Crippen molar-refractivity contribution in [3.05, 3.63) is 65.2 Å². The average Bonchev–Trinajstić information content (AvgIpc) is 2.70. The van der Waals surface area contributed by atoms with Crippen molar-refractivity contribution in [2.75, 3.05) is 0 Å².